The number of imidazole rings is 1. The third kappa shape index (κ3) is 2.24. The first-order chi connectivity index (χ1) is 10.1. The topological polar surface area (TPSA) is 111 Å². The van der Waals surface area contributed by atoms with Gasteiger partial charge in [0.05, 0.1) is 10.6 Å². The monoisotopic (exact) mass is 288 g/mol. The van der Waals surface area contributed by atoms with Crippen molar-refractivity contribution in [3.63, 3.8) is 0 Å². The molecular weight excluding hydrogens is 276 g/mol. The maximum Gasteiger partial charge on any atom is 0.354 e. The molecule has 0 aromatic carbocycles. The van der Waals surface area contributed by atoms with Crippen LogP contribution in [0.2, 0.25) is 0 Å². The number of carboxylic acids is 1. The third-order valence-corrected chi connectivity index (χ3v) is 3.53. The summed E-state index contributed by atoms with van der Waals surface area (Å²) in [4.78, 5) is 29.8. The van der Waals surface area contributed by atoms with Gasteiger partial charge in [-0.25, -0.2) is 14.8 Å². The number of nitrogens with zero attached hydrogens (tertiary/aromatic N) is 4. The van der Waals surface area contributed by atoms with Gasteiger partial charge in [0.25, 0.3) is 0 Å². The summed E-state index contributed by atoms with van der Waals surface area (Å²) in [7, 11) is 0. The minimum Gasteiger partial charge on any atom is -0.477 e. The molecule has 0 radical (unpaired) electrons. The molecule has 2 aromatic heterocycles. The van der Waals surface area contributed by atoms with Gasteiger partial charge in [0.2, 0.25) is 5.82 Å². The summed E-state index contributed by atoms with van der Waals surface area (Å²) in [6.45, 7) is 0. The van der Waals surface area contributed by atoms with Crippen LogP contribution in [-0.2, 0) is 12.8 Å². The first-order valence-corrected chi connectivity index (χ1v) is 6.52. The van der Waals surface area contributed by atoms with Gasteiger partial charge in [0.1, 0.15) is 6.33 Å². The Labute approximate surface area is 119 Å². The van der Waals surface area contributed by atoms with E-state index in [1.54, 1.807) is 4.57 Å². The van der Waals surface area contributed by atoms with E-state index in [4.69, 9.17) is 5.11 Å². The molecule has 0 aliphatic heterocycles. The van der Waals surface area contributed by atoms with Gasteiger partial charge >= 0.3 is 11.7 Å². The fraction of sp³-hybridized carbons (Fsp3) is 0.308. The molecular formula is C13H12N4O4. The number of carbonyl (C=O) groups is 1. The zero-order valence-corrected chi connectivity index (χ0v) is 11.0. The maximum atomic E-state index is 11.2. The molecule has 21 heavy (non-hydrogen) atoms. The Hall–Kier alpha value is -2.77. The molecule has 2 heterocycles. The number of hydrogen-bond acceptors (Lipinski definition) is 5. The second-order valence-corrected chi connectivity index (χ2v) is 4.82. The summed E-state index contributed by atoms with van der Waals surface area (Å²) in [5.41, 5.74) is 1.32. The van der Waals surface area contributed by atoms with Crippen LogP contribution in [0.15, 0.2) is 18.5 Å². The van der Waals surface area contributed by atoms with E-state index in [1.807, 2.05) is 0 Å². The molecule has 0 amide bonds. The van der Waals surface area contributed by atoms with Gasteiger partial charge in [-0.2, -0.15) is 0 Å². The van der Waals surface area contributed by atoms with Crippen molar-refractivity contribution in [1.29, 1.82) is 0 Å². The van der Waals surface area contributed by atoms with E-state index in [1.165, 1.54) is 12.4 Å². The highest BCUT2D eigenvalue weighted by molar-refractivity contribution is 5.86. The lowest BCUT2D eigenvalue weighted by Gasteiger charge is -2.13. The second-order valence-electron chi connectivity index (χ2n) is 4.82. The van der Waals surface area contributed by atoms with Crippen LogP contribution in [0.5, 0.6) is 0 Å². The molecule has 108 valence electrons. The normalized spacial score (nSPS) is 13.7. The van der Waals surface area contributed by atoms with Crippen molar-refractivity contribution in [3.8, 4) is 5.82 Å². The van der Waals surface area contributed by atoms with Crippen LogP contribution in [0, 0.1) is 10.1 Å². The number of hydrogen-bond donors (Lipinski definition) is 1. The minimum absolute atomic E-state index is 0.00977. The number of carboxylic acid groups (broad SMARTS) is 1. The van der Waals surface area contributed by atoms with Crippen molar-refractivity contribution >= 4 is 11.7 Å². The minimum atomic E-state index is -1.22. The molecule has 0 saturated heterocycles. The Bertz CT molecular complexity index is 738. The molecule has 1 aliphatic carbocycles. The Morgan fingerprint density at radius 3 is 2.81 bits per heavy atom. The van der Waals surface area contributed by atoms with Crippen LogP contribution < -0.4 is 0 Å². The number of aryl methyl sites for hydroxylation is 1. The molecule has 0 bridgehead atoms. The van der Waals surface area contributed by atoms with E-state index in [0.29, 0.717) is 0 Å². The SMILES string of the molecule is O=C(O)c1ccc([N+](=O)[O-])c(-n2cnc3c2CCCC3)n1. The highest BCUT2D eigenvalue weighted by Gasteiger charge is 2.24. The summed E-state index contributed by atoms with van der Waals surface area (Å²) >= 11 is 0. The highest BCUT2D eigenvalue weighted by Crippen LogP contribution is 2.27. The van der Waals surface area contributed by atoms with E-state index in [9.17, 15) is 14.9 Å². The molecule has 1 N–H and O–H groups in total. The fourth-order valence-corrected chi connectivity index (χ4v) is 2.53. The largest absolute Gasteiger partial charge is 0.477 e. The molecule has 1 aliphatic rings. The number of aromatic nitrogens is 3. The van der Waals surface area contributed by atoms with E-state index < -0.39 is 10.9 Å². The molecule has 3 rings (SSSR count). The second kappa shape index (κ2) is 4.97. The van der Waals surface area contributed by atoms with Crippen LogP contribution in [0.4, 0.5) is 5.69 Å². The molecule has 0 saturated carbocycles. The molecule has 0 unspecified atom stereocenters. The maximum absolute atomic E-state index is 11.2. The molecule has 2 aromatic rings. The Morgan fingerprint density at radius 2 is 2.10 bits per heavy atom. The summed E-state index contributed by atoms with van der Waals surface area (Å²) < 4.78 is 1.54. The molecule has 8 nitrogen and oxygen atoms in total. The van der Waals surface area contributed by atoms with E-state index in [-0.39, 0.29) is 17.2 Å². The lowest BCUT2D eigenvalue weighted by atomic mass is 10.0. The number of aromatic carboxylic acids is 1. The predicted octanol–water partition coefficient (Wildman–Crippen LogP) is 1.75. The van der Waals surface area contributed by atoms with E-state index in [0.717, 1.165) is 43.1 Å². The van der Waals surface area contributed by atoms with Gasteiger partial charge in [-0.3, -0.25) is 14.7 Å². The predicted molar refractivity (Wildman–Crippen MR) is 71.6 cm³/mol. The number of pyridine rings is 1. The summed E-state index contributed by atoms with van der Waals surface area (Å²) in [6, 6.07) is 2.30. The van der Waals surface area contributed by atoms with E-state index in [2.05, 4.69) is 9.97 Å². The summed E-state index contributed by atoms with van der Waals surface area (Å²) in [5, 5.41) is 20.2. The zero-order chi connectivity index (χ0) is 15.0. The lowest BCUT2D eigenvalue weighted by Crippen LogP contribution is -2.12. The van der Waals surface area contributed by atoms with Crippen LogP contribution in [0.25, 0.3) is 5.82 Å². The zero-order valence-electron chi connectivity index (χ0n) is 11.0. The Morgan fingerprint density at radius 1 is 1.33 bits per heavy atom. The highest BCUT2D eigenvalue weighted by atomic mass is 16.6. The lowest BCUT2D eigenvalue weighted by molar-refractivity contribution is -0.384. The molecule has 0 atom stereocenters. The van der Waals surface area contributed by atoms with Gasteiger partial charge in [-0.1, -0.05) is 0 Å². The fourth-order valence-electron chi connectivity index (χ4n) is 2.53. The van der Waals surface area contributed by atoms with Crippen molar-refractivity contribution in [2.24, 2.45) is 0 Å². The molecule has 8 heteroatoms. The third-order valence-electron chi connectivity index (χ3n) is 3.53. The van der Waals surface area contributed by atoms with Crippen molar-refractivity contribution < 1.29 is 14.8 Å². The van der Waals surface area contributed by atoms with Gasteiger partial charge in [0.15, 0.2) is 5.69 Å². The van der Waals surface area contributed by atoms with Crippen LogP contribution in [-0.4, -0.2) is 30.5 Å². The van der Waals surface area contributed by atoms with Crippen LogP contribution in [0.3, 0.4) is 0 Å². The average molecular weight is 288 g/mol. The van der Waals surface area contributed by atoms with Crippen molar-refractivity contribution in [1.82, 2.24) is 14.5 Å². The van der Waals surface area contributed by atoms with Crippen LogP contribution >= 0.6 is 0 Å². The number of nitro groups is 1. The van der Waals surface area contributed by atoms with Gasteiger partial charge < -0.3 is 5.11 Å². The van der Waals surface area contributed by atoms with Gasteiger partial charge in [0, 0.05) is 11.8 Å². The number of rotatable bonds is 3. The average Bonchev–Trinajstić information content (AvgIpc) is 2.90. The molecule has 0 fully saturated rings. The number of fused-ring (bicyclic) bond motifs is 1. The van der Waals surface area contributed by atoms with Gasteiger partial charge in [-0.15, -0.1) is 0 Å². The van der Waals surface area contributed by atoms with E-state index >= 15 is 0 Å². The van der Waals surface area contributed by atoms with Crippen molar-refractivity contribution in [2.45, 2.75) is 25.7 Å². The van der Waals surface area contributed by atoms with Gasteiger partial charge in [-0.05, 0) is 31.7 Å². The first kappa shape index (κ1) is 13.2. The Kier molecular flexibility index (Phi) is 3.13. The summed E-state index contributed by atoms with van der Waals surface area (Å²) in [5.74, 6) is -1.21. The van der Waals surface area contributed by atoms with Crippen molar-refractivity contribution in [2.75, 3.05) is 0 Å². The van der Waals surface area contributed by atoms with Crippen molar-refractivity contribution in [3.05, 3.63) is 45.7 Å². The quantitative estimate of drug-likeness (QED) is 0.680. The first-order valence-electron chi connectivity index (χ1n) is 6.52. The smallest absolute Gasteiger partial charge is 0.354 e. The van der Waals surface area contributed by atoms with Crippen LogP contribution in [0.1, 0.15) is 34.7 Å². The summed E-state index contributed by atoms with van der Waals surface area (Å²) in [6.07, 6.45) is 5.08. The molecule has 0 spiro atoms. The standard InChI is InChI=1S/C13H12N4O4/c18-13(19)9-5-6-11(17(20)21)12(15-9)16-7-14-8-3-1-2-4-10(8)16/h5-7H,1-4H2,(H,18,19). The Balaban J connectivity index is 2.20.